The van der Waals surface area contributed by atoms with Crippen LogP contribution in [-0.2, 0) is 0 Å². The fourth-order valence-electron chi connectivity index (χ4n) is 7.43. The largest absolute Gasteiger partial charge is 0.507 e. The van der Waals surface area contributed by atoms with Crippen molar-refractivity contribution in [3.8, 4) is 62.5 Å². The summed E-state index contributed by atoms with van der Waals surface area (Å²) in [5.41, 5.74) is 4.41. The predicted octanol–water partition coefficient (Wildman–Crippen LogP) is 9.81. The molecule has 0 aliphatic heterocycles. The Morgan fingerprint density at radius 3 is 1.89 bits per heavy atom. The van der Waals surface area contributed by atoms with Gasteiger partial charge in [0.25, 0.3) is 0 Å². The number of fused-ring (bicyclic) bond motifs is 7. The summed E-state index contributed by atoms with van der Waals surface area (Å²) in [7, 11) is 6.16. The van der Waals surface area contributed by atoms with Gasteiger partial charge in [0, 0.05) is 28.0 Å². The first-order valence-electron chi connectivity index (χ1n) is 17.1. The summed E-state index contributed by atoms with van der Waals surface area (Å²) in [6.07, 6.45) is 0. The van der Waals surface area contributed by atoms with E-state index in [9.17, 15) is 15.3 Å². The number of nitrogens with zero attached hydrogens (tertiary/aromatic N) is 3. The lowest BCUT2D eigenvalue weighted by Gasteiger charge is -2.14. The highest BCUT2D eigenvalue weighted by atomic mass is 16.4. The molecule has 8 aromatic carbocycles. The number of benzene rings is 8. The van der Waals surface area contributed by atoms with Gasteiger partial charge in [-0.05, 0) is 67.7 Å². The molecule has 0 atom stereocenters. The Bertz CT molecular complexity index is 3120. The van der Waals surface area contributed by atoms with Gasteiger partial charge in [-0.25, -0.2) is 15.0 Å². The van der Waals surface area contributed by atoms with E-state index < -0.39 is 0 Å². The van der Waals surface area contributed by atoms with E-state index in [0.29, 0.717) is 22.4 Å². The Morgan fingerprint density at radius 1 is 0.434 bits per heavy atom. The van der Waals surface area contributed by atoms with Crippen LogP contribution in [0.3, 0.4) is 0 Å². The summed E-state index contributed by atoms with van der Waals surface area (Å²) in [6.45, 7) is 0. The number of phenols is 3. The van der Waals surface area contributed by atoms with Crippen molar-refractivity contribution in [3.05, 3.63) is 140 Å². The van der Waals surface area contributed by atoms with Gasteiger partial charge in [0.05, 0.1) is 5.56 Å². The van der Waals surface area contributed by atoms with Crippen LogP contribution in [0.2, 0.25) is 0 Å². The van der Waals surface area contributed by atoms with Crippen LogP contribution < -0.4 is 5.46 Å². The minimum absolute atomic E-state index is 0.0493. The van der Waals surface area contributed by atoms with Crippen LogP contribution in [0.4, 0.5) is 0 Å². The number of phenolic OH excluding ortho intramolecular Hbond substituents is 3. The maximum absolute atomic E-state index is 11.6. The first-order chi connectivity index (χ1) is 25.9. The molecule has 0 unspecified atom stereocenters. The van der Waals surface area contributed by atoms with Crippen LogP contribution >= 0.6 is 0 Å². The second-order valence-electron chi connectivity index (χ2n) is 13.2. The first-order valence-corrected chi connectivity index (χ1v) is 17.1. The van der Waals surface area contributed by atoms with E-state index in [1.54, 1.807) is 6.07 Å². The summed E-state index contributed by atoms with van der Waals surface area (Å²) < 4.78 is 5.97. The van der Waals surface area contributed by atoms with Gasteiger partial charge in [0.2, 0.25) is 0 Å². The molecular weight excluding hydrogens is 657 g/mol. The summed E-state index contributed by atoms with van der Waals surface area (Å²) in [5, 5.41) is 40.1. The third kappa shape index (κ3) is 4.95. The summed E-state index contributed by atoms with van der Waals surface area (Å²) >= 11 is 0. The normalized spacial score (nSPS) is 11.7. The van der Waals surface area contributed by atoms with Gasteiger partial charge in [-0.15, -0.1) is 0 Å². The van der Waals surface area contributed by atoms with E-state index in [4.69, 9.17) is 27.2 Å². The van der Waals surface area contributed by atoms with Gasteiger partial charge >= 0.3 is 0 Å². The second-order valence-corrected chi connectivity index (χ2v) is 13.2. The standard InChI is InChI=1S/C45H26BN3O4/c46-30-21-35-39-40(36(50)23-38(52)42(39)53-41(35)37(51)22-30)45-48-43(29-17-16-26-18-25(14-15-27(26)19-29)24-8-2-1-3-9-24)47-44(49-45)34-20-28-10-4-5-11-31(28)32-12-6-7-13-33(32)34/h1-23,50-52H. The minimum atomic E-state index is -0.310. The molecule has 3 N–H and O–H groups in total. The maximum Gasteiger partial charge on any atom is 0.178 e. The van der Waals surface area contributed by atoms with Crippen molar-refractivity contribution >= 4 is 67.6 Å². The fourth-order valence-corrected chi connectivity index (χ4v) is 7.43. The highest BCUT2D eigenvalue weighted by Crippen LogP contribution is 2.47. The number of furan rings is 1. The Kier molecular flexibility index (Phi) is 6.75. The molecule has 0 saturated heterocycles. The Morgan fingerprint density at radius 2 is 1.08 bits per heavy atom. The average Bonchev–Trinajstić information content (AvgIpc) is 3.57. The second kappa shape index (κ2) is 11.7. The first kappa shape index (κ1) is 30.6. The highest BCUT2D eigenvalue weighted by Gasteiger charge is 2.25. The molecule has 248 valence electrons. The van der Waals surface area contributed by atoms with Crippen molar-refractivity contribution in [2.24, 2.45) is 0 Å². The zero-order valence-electron chi connectivity index (χ0n) is 27.9. The zero-order chi connectivity index (χ0) is 35.8. The number of hydrogen-bond donors (Lipinski definition) is 3. The predicted molar refractivity (Wildman–Crippen MR) is 212 cm³/mol. The van der Waals surface area contributed by atoms with Crippen molar-refractivity contribution in [3.63, 3.8) is 0 Å². The van der Waals surface area contributed by atoms with Crippen molar-refractivity contribution < 1.29 is 19.7 Å². The van der Waals surface area contributed by atoms with Crippen LogP contribution in [0.1, 0.15) is 0 Å². The van der Waals surface area contributed by atoms with E-state index in [1.807, 2.05) is 60.7 Å². The molecule has 0 spiro atoms. The van der Waals surface area contributed by atoms with Crippen LogP contribution in [-0.4, -0.2) is 38.1 Å². The summed E-state index contributed by atoms with van der Waals surface area (Å²) in [5.74, 6) is 0.128. The maximum atomic E-state index is 11.6. The van der Waals surface area contributed by atoms with E-state index in [-0.39, 0.29) is 45.3 Å². The molecule has 10 rings (SSSR count). The molecular formula is C45H26BN3O4. The van der Waals surface area contributed by atoms with Crippen LogP contribution in [0.15, 0.2) is 144 Å². The molecule has 0 aliphatic carbocycles. The Hall–Kier alpha value is -7.19. The van der Waals surface area contributed by atoms with Gasteiger partial charge in [-0.3, -0.25) is 0 Å². The monoisotopic (exact) mass is 683 g/mol. The SMILES string of the molecule is [B]c1cc(O)c2oc3c(O)cc(O)c(-c4nc(-c5ccc6cc(-c7ccccc7)ccc6c5)nc(-c5cc6ccccc6c6ccccc56)n4)c3c2c1. The quantitative estimate of drug-likeness (QED) is 0.125. The van der Waals surface area contributed by atoms with Gasteiger partial charge < -0.3 is 19.7 Å². The lowest BCUT2D eigenvalue weighted by atomic mass is 9.93. The van der Waals surface area contributed by atoms with E-state index in [2.05, 4.69) is 60.7 Å². The van der Waals surface area contributed by atoms with Gasteiger partial charge in [0.15, 0.2) is 40.1 Å². The minimum Gasteiger partial charge on any atom is -0.507 e. The lowest BCUT2D eigenvalue weighted by Crippen LogP contribution is -2.02. The molecule has 0 fully saturated rings. The fraction of sp³-hybridized carbons (Fsp3) is 0. The van der Waals surface area contributed by atoms with Gasteiger partial charge in [-0.1, -0.05) is 115 Å². The number of hydrogen-bond acceptors (Lipinski definition) is 7. The van der Waals surface area contributed by atoms with Gasteiger partial charge in [-0.2, -0.15) is 0 Å². The molecule has 7 nitrogen and oxygen atoms in total. The van der Waals surface area contributed by atoms with Crippen LogP contribution in [0.5, 0.6) is 17.2 Å². The number of rotatable bonds is 4. The molecule has 0 amide bonds. The summed E-state index contributed by atoms with van der Waals surface area (Å²) in [4.78, 5) is 15.1. The molecule has 2 heterocycles. The van der Waals surface area contributed by atoms with E-state index in [0.717, 1.165) is 54.6 Å². The van der Waals surface area contributed by atoms with Crippen LogP contribution in [0, 0.1) is 0 Å². The third-order valence-corrected chi connectivity index (χ3v) is 9.88. The Balaban J connectivity index is 1.26. The number of aromatic hydroxyl groups is 3. The topological polar surface area (TPSA) is 113 Å². The molecule has 2 radical (unpaired) electrons. The molecule has 0 bridgehead atoms. The van der Waals surface area contributed by atoms with Crippen molar-refractivity contribution in [2.45, 2.75) is 0 Å². The summed E-state index contributed by atoms with van der Waals surface area (Å²) in [6, 6.07) is 45.2. The van der Waals surface area contributed by atoms with E-state index in [1.165, 1.54) is 12.1 Å². The van der Waals surface area contributed by atoms with Gasteiger partial charge in [0.1, 0.15) is 13.6 Å². The molecule has 8 heteroatoms. The average molecular weight is 684 g/mol. The Labute approximate surface area is 303 Å². The third-order valence-electron chi connectivity index (χ3n) is 9.88. The van der Waals surface area contributed by atoms with Crippen molar-refractivity contribution in [2.75, 3.05) is 0 Å². The molecule has 10 aromatic rings. The lowest BCUT2D eigenvalue weighted by molar-refractivity contribution is 0.446. The molecule has 53 heavy (non-hydrogen) atoms. The van der Waals surface area contributed by atoms with Crippen molar-refractivity contribution in [1.29, 1.82) is 0 Å². The highest BCUT2D eigenvalue weighted by molar-refractivity contribution is 6.34. The molecule has 0 saturated carbocycles. The number of aromatic nitrogens is 3. The smallest absolute Gasteiger partial charge is 0.178 e. The molecule has 2 aromatic heterocycles. The van der Waals surface area contributed by atoms with Crippen LogP contribution in [0.25, 0.3) is 99.5 Å². The van der Waals surface area contributed by atoms with Crippen molar-refractivity contribution in [1.82, 2.24) is 15.0 Å². The molecule has 0 aliphatic rings. The zero-order valence-corrected chi connectivity index (χ0v) is 27.9. The van der Waals surface area contributed by atoms with E-state index >= 15 is 0 Å².